The molecule has 2 saturated heterocycles. The fraction of sp³-hybridized carbons (Fsp3) is 0.250. The van der Waals surface area contributed by atoms with E-state index in [2.05, 4.69) is 153 Å². The molecule has 0 aromatic heterocycles. The lowest BCUT2D eigenvalue weighted by Crippen LogP contribution is -2.24. The summed E-state index contributed by atoms with van der Waals surface area (Å²) in [6.07, 6.45) is 0. The van der Waals surface area contributed by atoms with Gasteiger partial charge in [0.05, 0.1) is 0 Å². The average Bonchev–Trinajstić information content (AvgIpc) is 3.86. The third kappa shape index (κ3) is 9.07. The zero-order valence-electron chi connectivity index (χ0n) is 31.4. The van der Waals surface area contributed by atoms with Crippen LogP contribution in [0.1, 0.15) is 83.0 Å². The Bertz CT molecular complexity index is 2080. The van der Waals surface area contributed by atoms with Crippen molar-refractivity contribution < 1.29 is 10.2 Å². The van der Waals surface area contributed by atoms with Gasteiger partial charge in [0.25, 0.3) is 0 Å². The predicted octanol–water partition coefficient (Wildman–Crippen LogP) is 13.5. The van der Waals surface area contributed by atoms with Crippen molar-refractivity contribution in [3.63, 3.8) is 0 Å². The van der Waals surface area contributed by atoms with E-state index in [4.69, 9.17) is 23.2 Å². The number of halogens is 4. The van der Waals surface area contributed by atoms with E-state index in [-0.39, 0.29) is 23.7 Å². The first-order chi connectivity index (χ1) is 27.1. The summed E-state index contributed by atoms with van der Waals surface area (Å²) < 4.78 is 2.22. The van der Waals surface area contributed by atoms with Crippen molar-refractivity contribution >= 4 is 55.1 Å². The minimum atomic E-state index is 0.170. The minimum Gasteiger partial charge on any atom is -0.508 e. The second kappa shape index (κ2) is 18.3. The maximum atomic E-state index is 10.6. The van der Waals surface area contributed by atoms with Crippen molar-refractivity contribution in [2.45, 2.75) is 49.6 Å². The van der Waals surface area contributed by atoms with Crippen molar-refractivity contribution in [3.8, 4) is 11.5 Å². The molecule has 0 bridgehead atoms. The summed E-state index contributed by atoms with van der Waals surface area (Å²) in [7, 11) is 0. The highest BCUT2D eigenvalue weighted by atomic mass is 79.9. The summed E-state index contributed by atoms with van der Waals surface area (Å²) >= 11 is 20.0. The first-order valence-electron chi connectivity index (χ1n) is 19.1. The zero-order chi connectivity index (χ0) is 39.3. The third-order valence-corrected chi connectivity index (χ3v) is 13.7. The number of rotatable bonds is 8. The molecule has 0 amide bonds. The zero-order valence-corrected chi connectivity index (χ0v) is 36.1. The van der Waals surface area contributed by atoms with Crippen LogP contribution in [0.25, 0.3) is 0 Å². The summed E-state index contributed by atoms with van der Waals surface area (Å²) in [5, 5.41) is 22.5. The monoisotopic (exact) mass is 910 g/mol. The SMILES string of the molecule is C[C@H](c1ccccc1)N1C[C@@H](c2cc(Cl)ccc2O)[C@H](c2ccccc2Br)C1.C[C@H](c1ccccc1)N1C[C@H](c2cc(Cl)ccc2O)[C@@H](c2ccccc2Br)C1. The van der Waals surface area contributed by atoms with E-state index in [0.717, 1.165) is 46.3 Å². The van der Waals surface area contributed by atoms with Gasteiger partial charge in [-0.1, -0.05) is 152 Å². The van der Waals surface area contributed by atoms with Crippen LogP contribution >= 0.6 is 55.1 Å². The molecule has 6 atom stereocenters. The van der Waals surface area contributed by atoms with E-state index >= 15 is 0 Å². The molecule has 4 nitrogen and oxygen atoms in total. The number of phenolic OH excluding ortho intramolecular Hbond substituents is 2. The van der Waals surface area contributed by atoms with Crippen molar-refractivity contribution in [2.75, 3.05) is 26.2 Å². The lowest BCUT2D eigenvalue weighted by atomic mass is 9.84. The summed E-state index contributed by atoms with van der Waals surface area (Å²) in [5.41, 5.74) is 7.02. The Morgan fingerprint density at radius 3 is 1.14 bits per heavy atom. The number of hydrogen-bond acceptors (Lipinski definition) is 4. The number of phenols is 2. The quantitative estimate of drug-likeness (QED) is 0.160. The van der Waals surface area contributed by atoms with Gasteiger partial charge in [0, 0.05) is 92.1 Å². The molecule has 0 radical (unpaired) electrons. The summed E-state index contributed by atoms with van der Waals surface area (Å²) in [6.45, 7) is 8.11. The highest BCUT2D eigenvalue weighted by Crippen LogP contribution is 2.48. The number of nitrogens with zero attached hydrogens (tertiary/aromatic N) is 2. The van der Waals surface area contributed by atoms with Crippen LogP contribution in [0.4, 0.5) is 0 Å². The molecule has 2 aliphatic rings. The lowest BCUT2D eigenvalue weighted by Gasteiger charge is -2.25. The van der Waals surface area contributed by atoms with Crippen molar-refractivity contribution in [1.82, 2.24) is 9.80 Å². The van der Waals surface area contributed by atoms with Crippen molar-refractivity contribution in [1.29, 1.82) is 0 Å². The molecule has 2 heterocycles. The van der Waals surface area contributed by atoms with Crippen LogP contribution in [0, 0.1) is 0 Å². The fourth-order valence-electron chi connectivity index (χ4n) is 8.64. The standard InChI is InChI=1S/2C24H23BrClNO/c2*1-16(17-7-3-2-4-8-17)27-14-21(19-9-5-6-10-23(19)25)22(15-27)20-13-18(26)11-12-24(20)28/h2*2-13,16,21-22,28H,14-15H2,1H3/t16-,21+,22+;16-,21-,22-/m11/s1. The molecule has 0 unspecified atom stereocenters. The third-order valence-electron chi connectivity index (χ3n) is 11.7. The predicted molar refractivity (Wildman–Crippen MR) is 238 cm³/mol. The lowest BCUT2D eigenvalue weighted by molar-refractivity contribution is 0.257. The van der Waals surface area contributed by atoms with Crippen molar-refractivity contribution in [2.24, 2.45) is 0 Å². The molecule has 6 aromatic rings. The highest BCUT2D eigenvalue weighted by molar-refractivity contribution is 9.10. The molecular formula is C48H46Br2Cl2N2O2. The number of aromatic hydroxyl groups is 2. The molecule has 0 spiro atoms. The number of likely N-dealkylation sites (tertiary alicyclic amines) is 2. The van der Waals surface area contributed by atoms with Gasteiger partial charge < -0.3 is 10.2 Å². The van der Waals surface area contributed by atoms with Crippen LogP contribution in [-0.4, -0.2) is 46.2 Å². The van der Waals surface area contributed by atoms with Gasteiger partial charge in [0.1, 0.15) is 11.5 Å². The summed E-state index contributed by atoms with van der Waals surface area (Å²) in [4.78, 5) is 5.01. The normalized spacial score (nSPS) is 21.0. The Morgan fingerprint density at radius 1 is 0.464 bits per heavy atom. The Balaban J connectivity index is 0.000000172. The van der Waals surface area contributed by atoms with Crippen LogP contribution in [0.15, 0.2) is 155 Å². The van der Waals surface area contributed by atoms with E-state index in [9.17, 15) is 10.2 Å². The maximum Gasteiger partial charge on any atom is 0.119 e. The van der Waals surface area contributed by atoms with E-state index < -0.39 is 0 Å². The Kier molecular flexibility index (Phi) is 13.3. The molecule has 8 heteroatoms. The first-order valence-corrected chi connectivity index (χ1v) is 21.5. The van der Waals surface area contributed by atoms with Crippen LogP contribution < -0.4 is 0 Å². The second-order valence-corrected chi connectivity index (χ2v) is 17.5. The van der Waals surface area contributed by atoms with Crippen molar-refractivity contribution in [3.05, 3.63) is 198 Å². The van der Waals surface area contributed by atoms with Gasteiger partial charge in [-0.25, -0.2) is 0 Å². The van der Waals surface area contributed by atoms with Gasteiger partial charge in [0.15, 0.2) is 0 Å². The first kappa shape index (κ1) is 40.6. The Morgan fingerprint density at radius 2 is 0.786 bits per heavy atom. The average molecular weight is 914 g/mol. The van der Waals surface area contributed by atoms with Gasteiger partial charge in [-0.2, -0.15) is 0 Å². The van der Waals surface area contributed by atoms with Crippen LogP contribution in [0.3, 0.4) is 0 Å². The Hall–Kier alpha value is -3.62. The molecule has 2 fully saturated rings. The van der Waals surface area contributed by atoms with E-state index in [1.54, 1.807) is 24.3 Å². The second-order valence-electron chi connectivity index (χ2n) is 15.0. The van der Waals surface area contributed by atoms with E-state index in [1.807, 2.05) is 24.3 Å². The molecule has 56 heavy (non-hydrogen) atoms. The minimum absolute atomic E-state index is 0.170. The van der Waals surface area contributed by atoms with Gasteiger partial charge in [0.2, 0.25) is 0 Å². The van der Waals surface area contributed by atoms with Crippen LogP contribution in [0.2, 0.25) is 10.0 Å². The smallest absolute Gasteiger partial charge is 0.119 e. The van der Waals surface area contributed by atoms with Crippen LogP contribution in [0.5, 0.6) is 11.5 Å². The van der Waals surface area contributed by atoms with E-state index in [1.165, 1.54) is 22.3 Å². The van der Waals surface area contributed by atoms with Gasteiger partial charge in [-0.3, -0.25) is 9.80 Å². The molecular weight excluding hydrogens is 867 g/mol. The molecule has 2 N–H and O–H groups in total. The molecule has 0 saturated carbocycles. The molecule has 288 valence electrons. The van der Waals surface area contributed by atoms with Gasteiger partial charge in [-0.15, -0.1) is 0 Å². The fourth-order valence-corrected chi connectivity index (χ4v) is 10.2. The topological polar surface area (TPSA) is 46.9 Å². The number of benzene rings is 6. The Labute approximate surface area is 358 Å². The largest absolute Gasteiger partial charge is 0.508 e. The molecule has 2 aliphatic heterocycles. The highest BCUT2D eigenvalue weighted by Gasteiger charge is 2.40. The molecule has 8 rings (SSSR count). The summed E-state index contributed by atoms with van der Waals surface area (Å²) in [5.74, 6) is 1.52. The van der Waals surface area contributed by atoms with Gasteiger partial charge >= 0.3 is 0 Å². The molecule has 6 aromatic carbocycles. The van der Waals surface area contributed by atoms with E-state index in [0.29, 0.717) is 33.6 Å². The maximum absolute atomic E-state index is 10.6. The number of hydrogen-bond donors (Lipinski definition) is 2. The summed E-state index contributed by atoms with van der Waals surface area (Å²) in [6, 6.07) is 49.3. The van der Waals surface area contributed by atoms with Crippen LogP contribution in [-0.2, 0) is 0 Å². The van der Waals surface area contributed by atoms with Gasteiger partial charge in [-0.05, 0) is 84.6 Å². The molecule has 0 aliphatic carbocycles.